The maximum atomic E-state index is 17.4. The number of amides is 1. The second-order valence-electron chi connectivity index (χ2n) is 18.6. The summed E-state index contributed by atoms with van der Waals surface area (Å²) in [6.45, 7) is 6.51. The van der Waals surface area contributed by atoms with Gasteiger partial charge in [-0.1, -0.05) is 115 Å². The van der Waals surface area contributed by atoms with Crippen LogP contribution in [0, 0.1) is 16.7 Å². The first-order chi connectivity index (χ1) is 32.9. The normalized spacial score (nSPS) is 29.7. The second-order valence-corrected chi connectivity index (χ2v) is 21.1. The molecular weight excluding hydrogens is 980 g/mol. The highest BCUT2D eigenvalue weighted by molar-refractivity contribution is 6.67. The quantitative estimate of drug-likeness (QED) is 0.0791. The molecule has 3 aliphatic carbocycles. The Labute approximate surface area is 417 Å². The van der Waals surface area contributed by atoms with Gasteiger partial charge in [0, 0.05) is 37.7 Å². The number of ether oxygens (including phenoxy) is 7. The summed E-state index contributed by atoms with van der Waals surface area (Å²) in [5.41, 5.74) is -8.38. The average Bonchev–Trinajstić information content (AvgIpc) is 3.30. The molecule has 4 aliphatic rings. The van der Waals surface area contributed by atoms with Gasteiger partial charge in [-0.3, -0.25) is 19.2 Å². The van der Waals surface area contributed by atoms with Crippen LogP contribution in [-0.4, -0.2) is 112 Å². The number of alkyl halides is 4. The predicted molar refractivity (Wildman–Crippen MR) is 247 cm³/mol. The molecule has 2 bridgehead atoms. The Bertz CT molecular complexity index is 2560. The molecule has 20 heteroatoms. The van der Waals surface area contributed by atoms with Crippen molar-refractivity contribution < 1.29 is 76.2 Å². The van der Waals surface area contributed by atoms with Crippen molar-refractivity contribution in [1.29, 1.82) is 0 Å². The number of fused-ring (bicyclic) bond motifs is 5. The number of hydrogen-bond donors (Lipinski definition) is 2. The smallest absolute Gasteiger partial charge is 0.455 e. The van der Waals surface area contributed by atoms with E-state index in [1.165, 1.54) is 64.1 Å². The van der Waals surface area contributed by atoms with Crippen molar-refractivity contribution in [3.8, 4) is 0 Å². The summed E-state index contributed by atoms with van der Waals surface area (Å²) in [5, 5.41) is 16.6. The molecule has 374 valence electrons. The molecule has 7 rings (SSSR count). The maximum Gasteiger partial charge on any atom is 0.509 e. The highest BCUT2D eigenvalue weighted by atomic mass is 35.6. The van der Waals surface area contributed by atoms with Crippen LogP contribution in [0.1, 0.15) is 86.7 Å². The average molecular weight is 1030 g/mol. The van der Waals surface area contributed by atoms with Crippen LogP contribution in [0.4, 0.5) is 9.18 Å². The maximum absolute atomic E-state index is 17.4. The molecule has 1 amide bonds. The summed E-state index contributed by atoms with van der Waals surface area (Å²) in [7, 11) is 0. The van der Waals surface area contributed by atoms with E-state index in [0.717, 1.165) is 13.8 Å². The number of Topliss-reactive ketones (excluding diaryl/α,β-unsaturated/α-hetero) is 1. The van der Waals surface area contributed by atoms with Gasteiger partial charge in [0.05, 0.1) is 23.5 Å². The summed E-state index contributed by atoms with van der Waals surface area (Å²) >= 11 is 17.6. The Kier molecular flexibility index (Phi) is 14.8. The Morgan fingerprint density at radius 1 is 0.857 bits per heavy atom. The van der Waals surface area contributed by atoms with Gasteiger partial charge in [-0.05, 0) is 54.8 Å². The van der Waals surface area contributed by atoms with Crippen LogP contribution < -0.4 is 5.32 Å². The highest BCUT2D eigenvalue weighted by Gasteiger charge is 2.79. The van der Waals surface area contributed by atoms with Gasteiger partial charge >= 0.3 is 30.0 Å². The van der Waals surface area contributed by atoms with E-state index in [-0.39, 0.29) is 27.8 Å². The molecule has 11 atom stereocenters. The number of aliphatic hydroxyl groups is 1. The lowest BCUT2D eigenvalue weighted by atomic mass is 9.45. The lowest BCUT2D eigenvalue weighted by Gasteiger charge is -2.67. The van der Waals surface area contributed by atoms with E-state index < -0.39 is 142 Å². The van der Waals surface area contributed by atoms with E-state index >= 15 is 14.0 Å². The van der Waals surface area contributed by atoms with E-state index in [0.29, 0.717) is 0 Å². The lowest BCUT2D eigenvalue weighted by molar-refractivity contribution is -0.341. The molecule has 0 aromatic heterocycles. The molecule has 3 aromatic carbocycles. The summed E-state index contributed by atoms with van der Waals surface area (Å²) < 4.78 is 56.2. The largest absolute Gasteiger partial charge is 0.509 e. The van der Waals surface area contributed by atoms with Crippen LogP contribution >= 0.6 is 34.8 Å². The molecule has 0 spiro atoms. The number of rotatable bonds is 12. The molecule has 0 radical (unpaired) electrons. The van der Waals surface area contributed by atoms with Crippen LogP contribution in [0.25, 0.3) is 0 Å². The van der Waals surface area contributed by atoms with E-state index in [4.69, 9.17) is 68.0 Å². The van der Waals surface area contributed by atoms with E-state index in [9.17, 15) is 29.1 Å². The van der Waals surface area contributed by atoms with Crippen molar-refractivity contribution >= 4 is 76.5 Å². The Morgan fingerprint density at radius 3 is 1.99 bits per heavy atom. The fourth-order valence-electron chi connectivity index (χ4n) is 10.5. The molecular formula is C50H51Cl3FNO15. The van der Waals surface area contributed by atoms with Gasteiger partial charge in [-0.25, -0.2) is 18.8 Å². The SMILES string of the molecule is CC(=O)O[C@H]1C(=O)[C@]2(C)C(F)CC3OC[C@@]3(OC(C)=O)C2[C@H](OC(=O)c2ccccc2)[C@]2(O)CC(OC(=O)C(OC(=O)OCC(Cl)(Cl)Cl)[C@@H](NC(=O)c3ccccc3)c3ccccc3)C(C)=C1C2(C)C. The van der Waals surface area contributed by atoms with Gasteiger partial charge in [-0.15, -0.1) is 0 Å². The molecule has 70 heavy (non-hydrogen) atoms. The standard InChI is InChI=1S/C50H51Cl3FNO15/c1-26-32(67-44(61)38(68-45(62)65-25-50(51,52)53)36(29-16-10-7-11-17-29)55-42(59)30-18-12-8-13-19-30)23-49(63)41(69-43(60)31-20-14-9-15-21-31)39-47(6,33(54)22-34-48(39,24-64-34)70-28(3)57)40(58)37(66-27(2)56)35(26)46(49,4)5/h7-21,32-34,36-39,41,63H,22-25H2,1-6H3,(H,55,59)/t32?,33?,34?,36-,37+,38?,39?,41-,47+,48-,49+/m0/s1. The minimum atomic E-state index is -2.56. The second kappa shape index (κ2) is 19.9. The molecule has 1 heterocycles. The first kappa shape index (κ1) is 52.2. The fraction of sp³-hybridized carbons (Fsp3) is 0.460. The van der Waals surface area contributed by atoms with Gasteiger partial charge in [-0.2, -0.15) is 0 Å². The monoisotopic (exact) mass is 1030 g/mol. The molecule has 5 unspecified atom stereocenters. The molecule has 16 nitrogen and oxygen atoms in total. The van der Waals surface area contributed by atoms with Crippen molar-refractivity contribution in [2.45, 2.75) is 112 Å². The van der Waals surface area contributed by atoms with Crippen molar-refractivity contribution in [2.24, 2.45) is 16.7 Å². The third kappa shape index (κ3) is 9.74. The zero-order valence-corrected chi connectivity index (χ0v) is 41.0. The lowest BCUT2D eigenvalue weighted by Crippen LogP contribution is -2.81. The van der Waals surface area contributed by atoms with Gasteiger partial charge < -0.3 is 43.6 Å². The molecule has 2 saturated carbocycles. The molecule has 1 aliphatic heterocycles. The van der Waals surface area contributed by atoms with Crippen LogP contribution in [0.3, 0.4) is 0 Å². The van der Waals surface area contributed by atoms with Gasteiger partial charge in [0.15, 0.2) is 17.5 Å². The topological polar surface area (TPSA) is 216 Å². The van der Waals surface area contributed by atoms with Crippen molar-refractivity contribution in [3.05, 3.63) is 119 Å². The third-order valence-corrected chi connectivity index (χ3v) is 14.3. The number of carbonyl (C=O) groups is 7. The zero-order chi connectivity index (χ0) is 51.1. The number of halogens is 4. The van der Waals surface area contributed by atoms with E-state index in [1.54, 1.807) is 54.6 Å². The number of esters is 4. The van der Waals surface area contributed by atoms with E-state index in [1.807, 2.05) is 0 Å². The summed E-state index contributed by atoms with van der Waals surface area (Å²) in [5.74, 6) is -7.76. The van der Waals surface area contributed by atoms with Crippen LogP contribution in [0.2, 0.25) is 0 Å². The van der Waals surface area contributed by atoms with Crippen LogP contribution in [0.5, 0.6) is 0 Å². The molecule has 2 N–H and O–H groups in total. The van der Waals surface area contributed by atoms with Gasteiger partial charge in [0.25, 0.3) is 5.91 Å². The molecule has 3 aromatic rings. The minimum absolute atomic E-state index is 0.0100. The van der Waals surface area contributed by atoms with Crippen molar-refractivity contribution in [2.75, 3.05) is 13.2 Å². The molecule has 3 fully saturated rings. The summed E-state index contributed by atoms with van der Waals surface area (Å²) in [6.07, 6.45) is -13.8. The van der Waals surface area contributed by atoms with Crippen molar-refractivity contribution in [1.82, 2.24) is 5.32 Å². The summed E-state index contributed by atoms with van der Waals surface area (Å²) in [4.78, 5) is 98.5. The van der Waals surface area contributed by atoms with E-state index in [2.05, 4.69) is 5.32 Å². The minimum Gasteiger partial charge on any atom is -0.455 e. The number of nitrogens with one attached hydrogen (secondary N) is 1. The van der Waals surface area contributed by atoms with Gasteiger partial charge in [0.2, 0.25) is 9.90 Å². The number of hydrogen-bond acceptors (Lipinski definition) is 15. The van der Waals surface area contributed by atoms with Crippen LogP contribution in [0.15, 0.2) is 102 Å². The Hall–Kier alpha value is -5.59. The van der Waals surface area contributed by atoms with Gasteiger partial charge in [0.1, 0.15) is 42.7 Å². The fourth-order valence-corrected chi connectivity index (χ4v) is 10.7. The number of ketones is 1. The Balaban J connectivity index is 1.42. The number of benzene rings is 3. The summed E-state index contributed by atoms with van der Waals surface area (Å²) in [6, 6.07) is 21.8. The zero-order valence-electron chi connectivity index (χ0n) is 38.8. The first-order valence-electron chi connectivity index (χ1n) is 22.2. The number of carbonyl (C=O) groups excluding carboxylic acids is 7. The Morgan fingerprint density at radius 2 is 1.44 bits per heavy atom. The van der Waals surface area contributed by atoms with Crippen molar-refractivity contribution in [3.63, 3.8) is 0 Å². The third-order valence-electron chi connectivity index (χ3n) is 14.0. The first-order valence-corrected chi connectivity index (χ1v) is 23.4. The molecule has 1 saturated heterocycles. The van der Waals surface area contributed by atoms with Crippen LogP contribution in [-0.2, 0) is 52.3 Å². The predicted octanol–water partition coefficient (Wildman–Crippen LogP) is 7.24. The highest BCUT2D eigenvalue weighted by Crippen LogP contribution is 2.65.